The minimum Gasteiger partial charge on any atom is -0.390 e. The van der Waals surface area contributed by atoms with Crippen molar-refractivity contribution in [3.63, 3.8) is 0 Å². The maximum absolute atomic E-state index is 11.0. The van der Waals surface area contributed by atoms with Gasteiger partial charge in [0.25, 0.3) is 0 Å². The SMILES string of the molecule is CC[C@]1(O)CCC[C@H]2CN(Cc3cnc(N4CCCCC4)nc3)C[C@H]21. The molecule has 1 aromatic rings. The van der Waals surface area contributed by atoms with E-state index in [-0.39, 0.29) is 0 Å². The van der Waals surface area contributed by atoms with E-state index in [2.05, 4.69) is 26.7 Å². The molecule has 1 aliphatic carbocycles. The number of anilines is 1. The second-order valence-electron chi connectivity index (χ2n) is 8.35. The lowest BCUT2D eigenvalue weighted by molar-refractivity contribution is -0.0613. The number of piperidine rings is 1. The predicted octanol–water partition coefficient (Wildman–Crippen LogP) is 2.84. The van der Waals surface area contributed by atoms with Crippen LogP contribution in [-0.2, 0) is 6.54 Å². The highest BCUT2D eigenvalue weighted by atomic mass is 16.3. The van der Waals surface area contributed by atoms with E-state index >= 15 is 0 Å². The van der Waals surface area contributed by atoms with Crippen LogP contribution in [0.15, 0.2) is 12.4 Å². The topological polar surface area (TPSA) is 52.5 Å². The monoisotopic (exact) mass is 344 g/mol. The van der Waals surface area contributed by atoms with Crippen molar-refractivity contribution < 1.29 is 5.11 Å². The first-order valence-corrected chi connectivity index (χ1v) is 10.2. The Kier molecular flexibility index (Phi) is 4.96. The molecule has 0 spiro atoms. The first kappa shape index (κ1) is 17.2. The van der Waals surface area contributed by atoms with Crippen molar-refractivity contribution in [1.29, 1.82) is 0 Å². The van der Waals surface area contributed by atoms with Gasteiger partial charge in [0, 0.05) is 56.6 Å². The van der Waals surface area contributed by atoms with Gasteiger partial charge in [0.1, 0.15) is 0 Å². The molecule has 1 N–H and O–H groups in total. The standard InChI is InChI=1S/C20H32N4O/c1-2-20(25)8-6-7-17-14-23(15-18(17)20)13-16-11-21-19(22-12-16)24-9-4-3-5-10-24/h11-12,17-18,25H,2-10,13-15H2,1H3/t17-,18+,20-/m0/s1. The summed E-state index contributed by atoms with van der Waals surface area (Å²) in [6, 6.07) is 0. The largest absolute Gasteiger partial charge is 0.390 e. The molecular formula is C20H32N4O. The predicted molar refractivity (Wildman–Crippen MR) is 99.4 cm³/mol. The summed E-state index contributed by atoms with van der Waals surface area (Å²) in [6.07, 6.45) is 12.2. The molecule has 0 aromatic carbocycles. The van der Waals surface area contributed by atoms with Gasteiger partial charge in [-0.2, -0.15) is 0 Å². The lowest BCUT2D eigenvalue weighted by Gasteiger charge is -2.40. The molecule has 0 unspecified atom stereocenters. The lowest BCUT2D eigenvalue weighted by atomic mass is 9.69. The molecule has 0 radical (unpaired) electrons. The van der Waals surface area contributed by atoms with E-state index in [9.17, 15) is 5.11 Å². The molecule has 3 aliphatic rings. The number of aromatic nitrogens is 2. The number of fused-ring (bicyclic) bond motifs is 1. The highest BCUT2D eigenvalue weighted by Crippen LogP contribution is 2.44. The number of nitrogens with zero attached hydrogens (tertiary/aromatic N) is 4. The third kappa shape index (κ3) is 3.54. The molecular weight excluding hydrogens is 312 g/mol. The zero-order valence-electron chi connectivity index (χ0n) is 15.5. The molecule has 3 atom stereocenters. The van der Waals surface area contributed by atoms with E-state index in [1.165, 1.54) is 37.7 Å². The second kappa shape index (κ2) is 7.20. The van der Waals surface area contributed by atoms with Crippen LogP contribution in [0.2, 0.25) is 0 Å². The van der Waals surface area contributed by atoms with Crippen LogP contribution < -0.4 is 4.90 Å². The normalized spacial score (nSPS) is 33.4. The van der Waals surface area contributed by atoms with Crippen LogP contribution in [0.25, 0.3) is 0 Å². The maximum Gasteiger partial charge on any atom is 0.225 e. The number of hydrogen-bond acceptors (Lipinski definition) is 5. The fourth-order valence-corrected chi connectivity index (χ4v) is 5.23. The molecule has 5 nitrogen and oxygen atoms in total. The van der Waals surface area contributed by atoms with Crippen molar-refractivity contribution in [3.05, 3.63) is 18.0 Å². The Hall–Kier alpha value is -1.20. The Balaban J connectivity index is 1.38. The summed E-state index contributed by atoms with van der Waals surface area (Å²) < 4.78 is 0. The number of aliphatic hydroxyl groups is 1. The van der Waals surface area contributed by atoms with Crippen LogP contribution in [0.1, 0.15) is 57.4 Å². The minimum absolute atomic E-state index is 0.438. The third-order valence-electron chi connectivity index (χ3n) is 6.74. The first-order chi connectivity index (χ1) is 12.2. The average Bonchev–Trinajstić information content (AvgIpc) is 3.07. The van der Waals surface area contributed by atoms with E-state index in [0.29, 0.717) is 11.8 Å². The van der Waals surface area contributed by atoms with Crippen LogP contribution in [0.4, 0.5) is 5.95 Å². The van der Waals surface area contributed by atoms with E-state index in [1.807, 2.05) is 12.4 Å². The van der Waals surface area contributed by atoms with Crippen molar-refractivity contribution in [2.24, 2.45) is 11.8 Å². The Morgan fingerprint density at radius 1 is 1.12 bits per heavy atom. The van der Waals surface area contributed by atoms with Crippen LogP contribution in [0.5, 0.6) is 0 Å². The zero-order valence-corrected chi connectivity index (χ0v) is 15.5. The Labute approximate surface area is 151 Å². The fourth-order valence-electron chi connectivity index (χ4n) is 5.23. The zero-order chi connectivity index (χ0) is 17.3. The lowest BCUT2D eigenvalue weighted by Crippen LogP contribution is -2.44. The van der Waals surface area contributed by atoms with Crippen LogP contribution in [-0.4, -0.2) is 51.8 Å². The fraction of sp³-hybridized carbons (Fsp3) is 0.800. The molecule has 0 amide bonds. The smallest absolute Gasteiger partial charge is 0.225 e. The molecule has 0 bridgehead atoms. The van der Waals surface area contributed by atoms with Gasteiger partial charge in [-0.15, -0.1) is 0 Å². The van der Waals surface area contributed by atoms with Crippen LogP contribution >= 0.6 is 0 Å². The molecule has 1 aromatic heterocycles. The summed E-state index contributed by atoms with van der Waals surface area (Å²) in [7, 11) is 0. The summed E-state index contributed by atoms with van der Waals surface area (Å²) in [4.78, 5) is 14.0. The highest BCUT2D eigenvalue weighted by molar-refractivity contribution is 5.30. The second-order valence-corrected chi connectivity index (χ2v) is 8.35. The maximum atomic E-state index is 11.0. The first-order valence-electron chi connectivity index (χ1n) is 10.2. The van der Waals surface area contributed by atoms with Crippen LogP contribution in [0.3, 0.4) is 0 Å². The molecule has 5 heteroatoms. The Bertz CT molecular complexity index is 572. The molecule has 3 fully saturated rings. The van der Waals surface area contributed by atoms with E-state index < -0.39 is 5.60 Å². The van der Waals surface area contributed by atoms with Gasteiger partial charge >= 0.3 is 0 Å². The molecule has 2 aliphatic heterocycles. The molecule has 2 saturated heterocycles. The van der Waals surface area contributed by atoms with E-state index in [1.54, 1.807) is 0 Å². The molecule has 3 heterocycles. The highest BCUT2D eigenvalue weighted by Gasteiger charge is 2.47. The van der Waals surface area contributed by atoms with Gasteiger partial charge < -0.3 is 10.0 Å². The summed E-state index contributed by atoms with van der Waals surface area (Å²) in [5.74, 6) is 1.99. The number of hydrogen-bond donors (Lipinski definition) is 1. The van der Waals surface area contributed by atoms with Gasteiger partial charge in [0.05, 0.1) is 5.60 Å². The third-order valence-corrected chi connectivity index (χ3v) is 6.74. The van der Waals surface area contributed by atoms with Crippen LogP contribution in [0, 0.1) is 11.8 Å². The van der Waals surface area contributed by atoms with Gasteiger partial charge in [-0.1, -0.05) is 13.3 Å². The molecule has 4 rings (SSSR count). The number of rotatable bonds is 4. The van der Waals surface area contributed by atoms with Gasteiger partial charge in [0.2, 0.25) is 5.95 Å². The summed E-state index contributed by atoms with van der Waals surface area (Å²) in [5.41, 5.74) is 0.756. The summed E-state index contributed by atoms with van der Waals surface area (Å²) >= 11 is 0. The van der Waals surface area contributed by atoms with Crippen molar-refractivity contribution in [2.45, 2.75) is 64.0 Å². The molecule has 25 heavy (non-hydrogen) atoms. The van der Waals surface area contributed by atoms with E-state index in [0.717, 1.165) is 51.5 Å². The van der Waals surface area contributed by atoms with Crippen molar-refractivity contribution in [2.75, 3.05) is 31.1 Å². The van der Waals surface area contributed by atoms with Gasteiger partial charge in [-0.05, 0) is 44.4 Å². The van der Waals surface area contributed by atoms with Crippen molar-refractivity contribution in [3.8, 4) is 0 Å². The van der Waals surface area contributed by atoms with Gasteiger partial charge in [-0.25, -0.2) is 9.97 Å². The van der Waals surface area contributed by atoms with Gasteiger partial charge in [-0.3, -0.25) is 4.90 Å². The van der Waals surface area contributed by atoms with Gasteiger partial charge in [0.15, 0.2) is 0 Å². The molecule has 138 valence electrons. The van der Waals surface area contributed by atoms with Crippen molar-refractivity contribution in [1.82, 2.24) is 14.9 Å². The summed E-state index contributed by atoms with van der Waals surface area (Å²) in [5, 5.41) is 11.0. The number of likely N-dealkylation sites (tertiary alicyclic amines) is 1. The summed E-state index contributed by atoms with van der Waals surface area (Å²) in [6.45, 7) is 7.35. The quantitative estimate of drug-likeness (QED) is 0.910. The Morgan fingerprint density at radius 3 is 2.60 bits per heavy atom. The van der Waals surface area contributed by atoms with Crippen molar-refractivity contribution >= 4 is 5.95 Å². The van der Waals surface area contributed by atoms with E-state index in [4.69, 9.17) is 0 Å². The average molecular weight is 345 g/mol. The molecule has 1 saturated carbocycles. The minimum atomic E-state index is -0.438. The Morgan fingerprint density at radius 2 is 1.88 bits per heavy atom.